The molecule has 0 spiro atoms. The van der Waals surface area contributed by atoms with Gasteiger partial charge in [-0.15, -0.1) is 0 Å². The Morgan fingerprint density at radius 1 is 1.52 bits per heavy atom. The summed E-state index contributed by atoms with van der Waals surface area (Å²) in [6, 6.07) is 0. The third-order valence-corrected chi connectivity index (χ3v) is 5.26. The van der Waals surface area contributed by atoms with Crippen LogP contribution in [-0.4, -0.2) is 62.0 Å². The van der Waals surface area contributed by atoms with Crippen molar-refractivity contribution in [2.75, 3.05) is 33.4 Å². The topological polar surface area (TPSA) is 73.7 Å². The first-order valence-corrected chi connectivity index (χ1v) is 8.65. The van der Waals surface area contributed by atoms with Crippen molar-refractivity contribution < 1.29 is 17.9 Å². The zero-order valence-electron chi connectivity index (χ0n) is 12.6. The summed E-state index contributed by atoms with van der Waals surface area (Å²) in [5.41, 5.74) is 0. The third kappa shape index (κ3) is 4.03. The smallest absolute Gasteiger partial charge is 0.246 e. The van der Waals surface area contributed by atoms with E-state index in [4.69, 9.17) is 9.47 Å². The van der Waals surface area contributed by atoms with E-state index in [1.807, 2.05) is 6.92 Å². The summed E-state index contributed by atoms with van der Waals surface area (Å²) in [6.45, 7) is 4.46. The maximum absolute atomic E-state index is 12.6. The predicted octanol–water partition coefficient (Wildman–Crippen LogP) is 0.719. The molecule has 0 bridgehead atoms. The highest BCUT2D eigenvalue weighted by Crippen LogP contribution is 2.19. The van der Waals surface area contributed by atoms with Crippen molar-refractivity contribution in [3.63, 3.8) is 0 Å². The standard InChI is InChI=1S/C13H23N3O4S/c1-3-5-15-11-13(9-14-15)21(17,18)16-6-8-20-12(10-16)4-7-19-2/h9,11-12H,3-8,10H2,1-2H3/t12-/m1/s1. The summed E-state index contributed by atoms with van der Waals surface area (Å²) in [5.74, 6) is 0. The normalized spacial score (nSPS) is 20.8. The molecule has 0 unspecified atom stereocenters. The number of nitrogens with zero attached hydrogens (tertiary/aromatic N) is 3. The summed E-state index contributed by atoms with van der Waals surface area (Å²) in [4.78, 5) is 0.253. The van der Waals surface area contributed by atoms with Crippen molar-refractivity contribution in [1.29, 1.82) is 0 Å². The number of methoxy groups -OCH3 is 1. The van der Waals surface area contributed by atoms with Gasteiger partial charge in [0.25, 0.3) is 0 Å². The van der Waals surface area contributed by atoms with E-state index in [1.165, 1.54) is 10.5 Å². The quantitative estimate of drug-likeness (QED) is 0.741. The molecule has 120 valence electrons. The first-order valence-electron chi connectivity index (χ1n) is 7.21. The van der Waals surface area contributed by atoms with Crippen molar-refractivity contribution in [3.05, 3.63) is 12.4 Å². The second-order valence-electron chi connectivity index (χ2n) is 5.08. The van der Waals surface area contributed by atoms with Gasteiger partial charge in [-0.2, -0.15) is 9.40 Å². The van der Waals surface area contributed by atoms with Gasteiger partial charge in [-0.3, -0.25) is 4.68 Å². The Morgan fingerprint density at radius 3 is 3.05 bits per heavy atom. The Labute approximate surface area is 125 Å². The molecule has 0 aliphatic carbocycles. The lowest BCUT2D eigenvalue weighted by Gasteiger charge is -2.31. The zero-order valence-corrected chi connectivity index (χ0v) is 13.4. The number of sulfonamides is 1. The SMILES string of the molecule is CCCn1cc(S(=O)(=O)N2CCO[C@H](CCOC)C2)cn1. The van der Waals surface area contributed by atoms with E-state index in [-0.39, 0.29) is 11.0 Å². The van der Waals surface area contributed by atoms with Crippen molar-refractivity contribution in [1.82, 2.24) is 14.1 Å². The van der Waals surface area contributed by atoms with Gasteiger partial charge in [-0.25, -0.2) is 8.42 Å². The summed E-state index contributed by atoms with van der Waals surface area (Å²) in [7, 11) is -1.86. The van der Waals surface area contributed by atoms with Gasteiger partial charge in [0.1, 0.15) is 4.90 Å². The number of hydrogen-bond donors (Lipinski definition) is 0. The Morgan fingerprint density at radius 2 is 2.33 bits per heavy atom. The lowest BCUT2D eigenvalue weighted by molar-refractivity contribution is -0.0168. The van der Waals surface area contributed by atoms with Gasteiger partial charge in [-0.1, -0.05) is 6.92 Å². The number of rotatable bonds is 7. The van der Waals surface area contributed by atoms with Gasteiger partial charge in [0, 0.05) is 39.5 Å². The molecule has 0 radical (unpaired) electrons. The zero-order chi connectivity index (χ0) is 15.3. The Bertz CT molecular complexity index is 543. The van der Waals surface area contributed by atoms with Crippen LogP contribution in [-0.2, 0) is 26.0 Å². The summed E-state index contributed by atoms with van der Waals surface area (Å²) < 4.78 is 39.0. The first kappa shape index (κ1) is 16.4. The molecule has 0 N–H and O–H groups in total. The molecule has 2 heterocycles. The summed E-state index contributed by atoms with van der Waals surface area (Å²) in [6.07, 6.45) is 4.51. The molecule has 1 atom stereocenters. The minimum atomic E-state index is -3.49. The molecule has 1 aromatic rings. The van der Waals surface area contributed by atoms with E-state index in [1.54, 1.807) is 18.0 Å². The molecule has 21 heavy (non-hydrogen) atoms. The highest BCUT2D eigenvalue weighted by atomic mass is 32.2. The highest BCUT2D eigenvalue weighted by molar-refractivity contribution is 7.89. The van der Waals surface area contributed by atoms with E-state index >= 15 is 0 Å². The molecule has 2 rings (SSSR count). The van der Waals surface area contributed by atoms with E-state index < -0.39 is 10.0 Å². The lowest BCUT2D eigenvalue weighted by atomic mass is 10.2. The number of aromatic nitrogens is 2. The molecule has 1 aliphatic heterocycles. The molecule has 0 saturated carbocycles. The van der Waals surface area contributed by atoms with Crippen LogP contribution in [0, 0.1) is 0 Å². The second kappa shape index (κ2) is 7.35. The largest absolute Gasteiger partial charge is 0.385 e. The number of morpholine rings is 1. The fourth-order valence-electron chi connectivity index (χ4n) is 2.31. The van der Waals surface area contributed by atoms with Crippen LogP contribution in [0.5, 0.6) is 0 Å². The van der Waals surface area contributed by atoms with Crippen molar-refractivity contribution in [3.8, 4) is 0 Å². The number of aryl methyl sites for hydroxylation is 1. The summed E-state index contributed by atoms with van der Waals surface area (Å²) in [5, 5.41) is 4.10. The van der Waals surface area contributed by atoms with E-state index in [0.29, 0.717) is 32.7 Å². The minimum absolute atomic E-state index is 0.112. The molecule has 1 aliphatic rings. The van der Waals surface area contributed by atoms with Crippen LogP contribution in [0.2, 0.25) is 0 Å². The van der Waals surface area contributed by atoms with E-state index in [2.05, 4.69) is 5.10 Å². The fourth-order valence-corrected chi connectivity index (χ4v) is 3.72. The van der Waals surface area contributed by atoms with Gasteiger partial charge in [0.2, 0.25) is 10.0 Å². The van der Waals surface area contributed by atoms with Gasteiger partial charge in [-0.05, 0) is 12.8 Å². The molecule has 8 heteroatoms. The van der Waals surface area contributed by atoms with E-state index in [9.17, 15) is 8.42 Å². The van der Waals surface area contributed by atoms with Crippen LogP contribution in [0.15, 0.2) is 17.3 Å². The van der Waals surface area contributed by atoms with Gasteiger partial charge in [0.15, 0.2) is 0 Å². The van der Waals surface area contributed by atoms with Crippen LogP contribution in [0.4, 0.5) is 0 Å². The Hall–Kier alpha value is -0.960. The maximum atomic E-state index is 12.6. The third-order valence-electron chi connectivity index (χ3n) is 3.45. The average Bonchev–Trinajstić information content (AvgIpc) is 2.95. The first-order chi connectivity index (χ1) is 10.1. The Balaban J connectivity index is 2.06. The van der Waals surface area contributed by atoms with Crippen molar-refractivity contribution >= 4 is 10.0 Å². The van der Waals surface area contributed by atoms with Crippen LogP contribution < -0.4 is 0 Å². The average molecular weight is 317 g/mol. The molecule has 1 saturated heterocycles. The highest BCUT2D eigenvalue weighted by Gasteiger charge is 2.31. The number of ether oxygens (including phenoxy) is 2. The number of hydrogen-bond acceptors (Lipinski definition) is 5. The van der Waals surface area contributed by atoms with Crippen molar-refractivity contribution in [2.24, 2.45) is 0 Å². The molecule has 0 aromatic carbocycles. The van der Waals surface area contributed by atoms with Gasteiger partial charge < -0.3 is 9.47 Å². The maximum Gasteiger partial charge on any atom is 0.246 e. The Kier molecular flexibility index (Phi) is 5.74. The minimum Gasteiger partial charge on any atom is -0.385 e. The fraction of sp³-hybridized carbons (Fsp3) is 0.769. The van der Waals surface area contributed by atoms with Crippen molar-refractivity contribution in [2.45, 2.75) is 37.3 Å². The van der Waals surface area contributed by atoms with Gasteiger partial charge >= 0.3 is 0 Å². The van der Waals surface area contributed by atoms with Crippen LogP contribution >= 0.6 is 0 Å². The predicted molar refractivity (Wildman–Crippen MR) is 77.5 cm³/mol. The molecule has 7 nitrogen and oxygen atoms in total. The molecular formula is C13H23N3O4S. The molecule has 1 fully saturated rings. The van der Waals surface area contributed by atoms with Crippen LogP contribution in [0.25, 0.3) is 0 Å². The van der Waals surface area contributed by atoms with Crippen LogP contribution in [0.3, 0.4) is 0 Å². The summed E-state index contributed by atoms with van der Waals surface area (Å²) >= 11 is 0. The van der Waals surface area contributed by atoms with E-state index in [0.717, 1.165) is 13.0 Å². The van der Waals surface area contributed by atoms with Gasteiger partial charge in [0.05, 0.1) is 18.9 Å². The molecular weight excluding hydrogens is 294 g/mol. The van der Waals surface area contributed by atoms with Crippen LogP contribution in [0.1, 0.15) is 19.8 Å². The molecule has 1 aromatic heterocycles. The monoisotopic (exact) mass is 317 g/mol. The lowest BCUT2D eigenvalue weighted by Crippen LogP contribution is -2.45. The molecule has 0 amide bonds. The second-order valence-corrected chi connectivity index (χ2v) is 7.01.